The van der Waals surface area contributed by atoms with Gasteiger partial charge >= 0.3 is 5.69 Å². The molecule has 1 amide bonds. The first-order chi connectivity index (χ1) is 9.27. The van der Waals surface area contributed by atoms with Gasteiger partial charge in [-0.15, -0.1) is 0 Å². The van der Waals surface area contributed by atoms with Crippen molar-refractivity contribution in [2.24, 2.45) is 7.05 Å². The van der Waals surface area contributed by atoms with Crippen LogP contribution in [0.25, 0.3) is 0 Å². The van der Waals surface area contributed by atoms with Crippen LogP contribution in [0, 0.1) is 10.1 Å². The van der Waals surface area contributed by atoms with Gasteiger partial charge in [-0.1, -0.05) is 6.92 Å². The van der Waals surface area contributed by atoms with E-state index in [9.17, 15) is 14.9 Å². The molecular formula is C12H21N5O3. The van der Waals surface area contributed by atoms with Crippen molar-refractivity contribution in [2.45, 2.75) is 46.2 Å². The van der Waals surface area contributed by atoms with Crippen molar-refractivity contribution in [1.82, 2.24) is 15.1 Å². The number of carbonyl (C=O) groups excluding carboxylic acids is 1. The molecule has 0 aliphatic heterocycles. The summed E-state index contributed by atoms with van der Waals surface area (Å²) in [5.41, 5.74) is 0.329. The van der Waals surface area contributed by atoms with E-state index in [-0.39, 0.29) is 23.5 Å². The molecule has 1 rings (SSSR count). The molecule has 0 saturated heterocycles. The summed E-state index contributed by atoms with van der Waals surface area (Å²) in [6.45, 7) is 7.16. The Bertz CT molecular complexity index is 509. The van der Waals surface area contributed by atoms with Gasteiger partial charge in [0.15, 0.2) is 0 Å². The van der Waals surface area contributed by atoms with Crippen LogP contribution in [0.1, 0.15) is 33.4 Å². The lowest BCUT2D eigenvalue weighted by atomic mass is 10.2. The van der Waals surface area contributed by atoms with Crippen molar-refractivity contribution < 1.29 is 9.72 Å². The van der Waals surface area contributed by atoms with Gasteiger partial charge in [-0.2, -0.15) is 5.10 Å². The Balaban J connectivity index is 3.00. The zero-order valence-corrected chi connectivity index (χ0v) is 12.4. The van der Waals surface area contributed by atoms with Crippen LogP contribution in [-0.4, -0.2) is 32.7 Å². The highest BCUT2D eigenvalue weighted by Crippen LogP contribution is 2.28. The number of nitrogens with one attached hydrogen (secondary N) is 2. The smallest absolute Gasteiger partial charge is 0.334 e. The first-order valence-corrected chi connectivity index (χ1v) is 6.55. The maximum Gasteiger partial charge on any atom is 0.334 e. The lowest BCUT2D eigenvalue weighted by Gasteiger charge is -2.16. The summed E-state index contributed by atoms with van der Waals surface area (Å²) in [4.78, 5) is 22.5. The molecule has 8 nitrogen and oxygen atoms in total. The number of anilines is 1. The minimum atomic E-state index is -0.587. The quantitative estimate of drug-likeness (QED) is 0.603. The lowest BCUT2D eigenvalue weighted by Crippen LogP contribution is -2.41. The predicted octanol–water partition coefficient (Wildman–Crippen LogP) is 1.22. The molecule has 1 aromatic heterocycles. The first-order valence-electron chi connectivity index (χ1n) is 6.55. The molecule has 0 radical (unpaired) electrons. The Morgan fingerprint density at radius 3 is 2.50 bits per heavy atom. The van der Waals surface area contributed by atoms with Crippen LogP contribution in [0.3, 0.4) is 0 Å². The fraction of sp³-hybridized carbons (Fsp3) is 0.667. The average molecular weight is 283 g/mol. The number of rotatable bonds is 6. The molecule has 1 unspecified atom stereocenters. The minimum absolute atomic E-state index is 0.0134. The van der Waals surface area contributed by atoms with E-state index in [4.69, 9.17) is 0 Å². The number of aryl methyl sites for hydroxylation is 2. The normalized spacial score (nSPS) is 12.3. The van der Waals surface area contributed by atoms with Crippen molar-refractivity contribution in [2.75, 3.05) is 5.32 Å². The second-order valence-corrected chi connectivity index (χ2v) is 4.91. The third-order valence-electron chi connectivity index (χ3n) is 2.79. The van der Waals surface area contributed by atoms with E-state index in [1.807, 2.05) is 13.8 Å². The molecule has 0 aromatic carbocycles. The molecule has 112 valence electrons. The van der Waals surface area contributed by atoms with Gasteiger partial charge in [-0.3, -0.25) is 14.9 Å². The van der Waals surface area contributed by atoms with E-state index < -0.39 is 11.0 Å². The predicted molar refractivity (Wildman–Crippen MR) is 75.6 cm³/mol. The number of hydrogen-bond donors (Lipinski definition) is 2. The highest BCUT2D eigenvalue weighted by molar-refractivity contribution is 5.84. The van der Waals surface area contributed by atoms with E-state index in [0.717, 1.165) is 0 Å². The largest absolute Gasteiger partial charge is 0.353 e. The second-order valence-electron chi connectivity index (χ2n) is 4.91. The summed E-state index contributed by atoms with van der Waals surface area (Å²) < 4.78 is 1.40. The van der Waals surface area contributed by atoms with Gasteiger partial charge in [0.25, 0.3) is 0 Å². The van der Waals surface area contributed by atoms with E-state index in [1.165, 1.54) is 4.68 Å². The summed E-state index contributed by atoms with van der Waals surface area (Å²) >= 11 is 0. The van der Waals surface area contributed by atoms with Gasteiger partial charge in [0.05, 0.1) is 4.92 Å². The fourth-order valence-electron chi connectivity index (χ4n) is 1.84. The molecule has 2 N–H and O–H groups in total. The molecule has 1 heterocycles. The van der Waals surface area contributed by atoms with E-state index in [0.29, 0.717) is 12.1 Å². The monoisotopic (exact) mass is 283 g/mol. The van der Waals surface area contributed by atoms with Crippen LogP contribution in [0.4, 0.5) is 11.5 Å². The average Bonchev–Trinajstić information content (AvgIpc) is 2.65. The number of nitrogens with zero attached hydrogens (tertiary/aromatic N) is 3. The van der Waals surface area contributed by atoms with Crippen molar-refractivity contribution in [3.63, 3.8) is 0 Å². The third kappa shape index (κ3) is 3.46. The molecule has 0 spiro atoms. The Hall–Kier alpha value is -2.12. The van der Waals surface area contributed by atoms with Crippen LogP contribution < -0.4 is 10.6 Å². The third-order valence-corrected chi connectivity index (χ3v) is 2.79. The number of amides is 1. The van der Waals surface area contributed by atoms with Gasteiger partial charge in [-0.25, -0.2) is 4.68 Å². The maximum atomic E-state index is 11.9. The molecule has 0 saturated carbocycles. The van der Waals surface area contributed by atoms with E-state index in [1.54, 1.807) is 20.9 Å². The van der Waals surface area contributed by atoms with Gasteiger partial charge in [-0.05, 0) is 27.2 Å². The molecular weight excluding hydrogens is 262 g/mol. The van der Waals surface area contributed by atoms with Gasteiger partial charge in [0, 0.05) is 13.1 Å². The molecule has 20 heavy (non-hydrogen) atoms. The van der Waals surface area contributed by atoms with Crippen LogP contribution in [0.5, 0.6) is 0 Å². The number of nitro groups is 1. The Morgan fingerprint density at radius 1 is 1.45 bits per heavy atom. The standard InChI is InChI=1S/C12H21N5O3/c1-6-9-10(17(19)20)11(16(5)15-9)14-8(4)12(18)13-7(2)3/h7-8,14H,6H2,1-5H3,(H,13,18). The van der Waals surface area contributed by atoms with Gasteiger partial charge < -0.3 is 10.6 Å². The van der Waals surface area contributed by atoms with Crippen molar-refractivity contribution in [1.29, 1.82) is 0 Å². The number of aromatic nitrogens is 2. The summed E-state index contributed by atoms with van der Waals surface area (Å²) in [5, 5.41) is 20.9. The Morgan fingerprint density at radius 2 is 2.05 bits per heavy atom. The molecule has 1 atom stereocenters. The van der Waals surface area contributed by atoms with Crippen LogP contribution in [0.15, 0.2) is 0 Å². The van der Waals surface area contributed by atoms with Crippen molar-refractivity contribution in [3.8, 4) is 0 Å². The number of hydrogen-bond acceptors (Lipinski definition) is 5. The van der Waals surface area contributed by atoms with Crippen molar-refractivity contribution in [3.05, 3.63) is 15.8 Å². The van der Waals surface area contributed by atoms with E-state index >= 15 is 0 Å². The summed E-state index contributed by atoms with van der Waals surface area (Å²) in [6, 6.07) is -0.573. The zero-order chi connectivity index (χ0) is 15.4. The molecule has 8 heteroatoms. The number of carbonyl (C=O) groups is 1. The molecule has 0 aliphatic carbocycles. The van der Waals surface area contributed by atoms with Gasteiger partial charge in [0.1, 0.15) is 11.7 Å². The fourth-order valence-corrected chi connectivity index (χ4v) is 1.84. The molecule has 0 bridgehead atoms. The molecule has 0 aliphatic rings. The molecule has 1 aromatic rings. The van der Waals surface area contributed by atoms with Crippen LogP contribution in [0.2, 0.25) is 0 Å². The first kappa shape index (κ1) is 15.9. The lowest BCUT2D eigenvalue weighted by molar-refractivity contribution is -0.384. The topological polar surface area (TPSA) is 102 Å². The Kier molecular flexibility index (Phi) is 5.06. The van der Waals surface area contributed by atoms with Gasteiger partial charge in [0.2, 0.25) is 11.7 Å². The highest BCUT2D eigenvalue weighted by atomic mass is 16.6. The SMILES string of the molecule is CCc1nn(C)c(NC(C)C(=O)NC(C)C)c1[N+](=O)[O-]. The van der Waals surface area contributed by atoms with E-state index in [2.05, 4.69) is 15.7 Å². The maximum absolute atomic E-state index is 11.9. The second kappa shape index (κ2) is 6.36. The van der Waals surface area contributed by atoms with Crippen LogP contribution >= 0.6 is 0 Å². The zero-order valence-electron chi connectivity index (χ0n) is 12.4. The van der Waals surface area contributed by atoms with Crippen LogP contribution in [-0.2, 0) is 18.3 Å². The minimum Gasteiger partial charge on any atom is -0.353 e. The summed E-state index contributed by atoms with van der Waals surface area (Å²) in [6.07, 6.45) is 0.457. The summed E-state index contributed by atoms with van der Waals surface area (Å²) in [7, 11) is 1.61. The highest BCUT2D eigenvalue weighted by Gasteiger charge is 2.27. The summed E-state index contributed by atoms with van der Waals surface area (Å²) in [5.74, 6) is 0.0341. The molecule has 0 fully saturated rings. The Labute approximate surface area is 117 Å². The van der Waals surface area contributed by atoms with Crippen molar-refractivity contribution >= 4 is 17.4 Å².